The summed E-state index contributed by atoms with van der Waals surface area (Å²) in [6.07, 6.45) is 1.62. The summed E-state index contributed by atoms with van der Waals surface area (Å²) in [6.45, 7) is 6.38. The number of aryl methyl sites for hydroxylation is 1. The lowest BCUT2D eigenvalue weighted by Gasteiger charge is -2.27. The maximum Gasteiger partial charge on any atom is 0.295 e. The van der Waals surface area contributed by atoms with Crippen molar-refractivity contribution in [2.75, 3.05) is 33.8 Å². The van der Waals surface area contributed by atoms with Gasteiger partial charge in [0.1, 0.15) is 23.9 Å². The Balaban J connectivity index is 2.13. The highest BCUT2D eigenvalue weighted by atomic mass is 19.1. The van der Waals surface area contributed by atoms with E-state index < -0.39 is 23.5 Å². The molecule has 1 aliphatic rings. The minimum atomic E-state index is -1.02. The Morgan fingerprint density at radius 3 is 2.59 bits per heavy atom. The molecule has 0 saturated carbocycles. The quantitative estimate of drug-likeness (QED) is 0.295. The fourth-order valence-corrected chi connectivity index (χ4v) is 3.73. The fourth-order valence-electron chi connectivity index (χ4n) is 3.73. The van der Waals surface area contributed by atoms with Gasteiger partial charge < -0.3 is 19.6 Å². The van der Waals surface area contributed by atoms with Crippen molar-refractivity contribution < 1.29 is 23.8 Å². The first-order chi connectivity index (χ1) is 15.3. The largest absolute Gasteiger partial charge is 0.507 e. The van der Waals surface area contributed by atoms with Crippen molar-refractivity contribution in [1.82, 2.24) is 9.80 Å². The highest BCUT2D eigenvalue weighted by molar-refractivity contribution is 6.46. The molecular formula is C25H27FN2O4. The van der Waals surface area contributed by atoms with Crippen LogP contribution in [0.1, 0.15) is 22.7 Å². The highest BCUT2D eigenvalue weighted by Crippen LogP contribution is 2.40. The van der Waals surface area contributed by atoms with E-state index in [1.807, 2.05) is 19.0 Å². The van der Waals surface area contributed by atoms with Gasteiger partial charge in [-0.15, -0.1) is 0 Å². The van der Waals surface area contributed by atoms with Crippen molar-refractivity contribution in [3.63, 3.8) is 0 Å². The van der Waals surface area contributed by atoms with Crippen LogP contribution < -0.4 is 4.74 Å². The maximum atomic E-state index is 14.8. The van der Waals surface area contributed by atoms with Crippen LogP contribution in [0.2, 0.25) is 0 Å². The molecule has 2 aromatic rings. The number of aliphatic hydroxyl groups excluding tert-OH is 1. The minimum absolute atomic E-state index is 0.123. The van der Waals surface area contributed by atoms with Crippen LogP contribution in [0.4, 0.5) is 4.39 Å². The van der Waals surface area contributed by atoms with Crippen molar-refractivity contribution in [2.45, 2.75) is 13.0 Å². The number of ketones is 1. The number of halogens is 1. The topological polar surface area (TPSA) is 70.1 Å². The van der Waals surface area contributed by atoms with Crippen LogP contribution in [-0.2, 0) is 9.59 Å². The van der Waals surface area contributed by atoms with Crippen molar-refractivity contribution in [3.8, 4) is 5.75 Å². The van der Waals surface area contributed by atoms with Gasteiger partial charge in [0.25, 0.3) is 11.7 Å². The first-order valence-corrected chi connectivity index (χ1v) is 10.3. The molecule has 1 heterocycles. The molecule has 0 radical (unpaired) electrons. The van der Waals surface area contributed by atoms with Gasteiger partial charge in [0.2, 0.25) is 0 Å². The molecule has 168 valence electrons. The van der Waals surface area contributed by atoms with E-state index in [1.54, 1.807) is 37.3 Å². The van der Waals surface area contributed by atoms with Crippen LogP contribution in [-0.4, -0.2) is 60.4 Å². The number of carbonyl (C=O) groups is 2. The Morgan fingerprint density at radius 1 is 1.25 bits per heavy atom. The zero-order chi connectivity index (χ0) is 23.4. The van der Waals surface area contributed by atoms with Crippen molar-refractivity contribution in [3.05, 3.63) is 83.2 Å². The van der Waals surface area contributed by atoms with E-state index in [9.17, 15) is 19.1 Å². The Labute approximate surface area is 187 Å². The normalized spacial score (nSPS) is 17.8. The second-order valence-corrected chi connectivity index (χ2v) is 7.89. The lowest BCUT2D eigenvalue weighted by atomic mass is 9.93. The Morgan fingerprint density at radius 2 is 1.97 bits per heavy atom. The molecule has 0 bridgehead atoms. The molecule has 1 amide bonds. The summed E-state index contributed by atoms with van der Waals surface area (Å²) < 4.78 is 20.3. The van der Waals surface area contributed by atoms with E-state index >= 15 is 0 Å². The standard InChI is InChI=1S/C25H27FN2O4/c1-5-14-32-17-10-11-18(16(2)15-17)23(29)21-22(19-8-6-7-9-20(19)26)28(13-12-27(3)4)25(31)24(21)30/h5-11,15,22,29H,1,12-14H2,2-4H3/b23-21+. The first kappa shape index (κ1) is 23.2. The molecule has 1 unspecified atom stereocenters. The van der Waals surface area contributed by atoms with Gasteiger partial charge >= 0.3 is 0 Å². The van der Waals surface area contributed by atoms with E-state index in [4.69, 9.17) is 4.74 Å². The molecule has 2 aromatic carbocycles. The number of amides is 1. The van der Waals surface area contributed by atoms with E-state index in [2.05, 4.69) is 6.58 Å². The van der Waals surface area contributed by atoms with E-state index in [0.717, 1.165) is 0 Å². The lowest BCUT2D eigenvalue weighted by molar-refractivity contribution is -0.140. The van der Waals surface area contributed by atoms with E-state index in [0.29, 0.717) is 30.0 Å². The van der Waals surface area contributed by atoms with Crippen molar-refractivity contribution in [2.24, 2.45) is 0 Å². The molecule has 3 rings (SSSR count). The van der Waals surface area contributed by atoms with Crippen molar-refractivity contribution >= 4 is 17.4 Å². The smallest absolute Gasteiger partial charge is 0.295 e. The third kappa shape index (κ3) is 4.57. The number of hydrogen-bond acceptors (Lipinski definition) is 5. The van der Waals surface area contributed by atoms with Gasteiger partial charge in [-0.1, -0.05) is 30.9 Å². The molecule has 1 aliphatic heterocycles. The maximum absolute atomic E-state index is 14.8. The van der Waals surface area contributed by atoms with Crippen molar-refractivity contribution in [1.29, 1.82) is 0 Å². The number of hydrogen-bond donors (Lipinski definition) is 1. The molecule has 1 N–H and O–H groups in total. The summed E-state index contributed by atoms with van der Waals surface area (Å²) in [4.78, 5) is 29.1. The summed E-state index contributed by atoms with van der Waals surface area (Å²) in [7, 11) is 3.68. The number of aliphatic hydroxyl groups is 1. The van der Waals surface area contributed by atoms with Gasteiger partial charge in [-0.3, -0.25) is 9.59 Å². The average Bonchev–Trinajstić information content (AvgIpc) is 3.00. The number of Topliss-reactive ketones (excluding diaryl/α,β-unsaturated/α-hetero) is 1. The molecule has 0 spiro atoms. The third-order valence-electron chi connectivity index (χ3n) is 5.35. The number of likely N-dealkylation sites (N-methyl/N-ethyl adjacent to an activating group) is 1. The predicted octanol–water partition coefficient (Wildman–Crippen LogP) is 3.68. The van der Waals surface area contributed by atoms with Gasteiger partial charge in [-0.05, 0) is 50.8 Å². The van der Waals surface area contributed by atoms with Gasteiger partial charge in [-0.2, -0.15) is 0 Å². The summed E-state index contributed by atoms with van der Waals surface area (Å²) in [5.74, 6) is -1.90. The number of carbonyl (C=O) groups excluding carboxylic acids is 2. The van der Waals surface area contributed by atoms with Gasteiger partial charge in [-0.25, -0.2) is 4.39 Å². The zero-order valence-corrected chi connectivity index (χ0v) is 18.5. The number of nitrogens with zero attached hydrogens (tertiary/aromatic N) is 2. The van der Waals surface area contributed by atoms with Crippen LogP contribution in [0.25, 0.3) is 5.76 Å². The van der Waals surface area contributed by atoms with E-state index in [-0.39, 0.29) is 23.4 Å². The van der Waals surface area contributed by atoms with Gasteiger partial charge in [0.15, 0.2) is 0 Å². The van der Waals surface area contributed by atoms with Crippen LogP contribution in [0, 0.1) is 12.7 Å². The number of ether oxygens (including phenoxy) is 1. The van der Waals surface area contributed by atoms with Crippen LogP contribution in [0.15, 0.2) is 60.7 Å². The first-order valence-electron chi connectivity index (χ1n) is 10.3. The fraction of sp³-hybridized carbons (Fsp3) is 0.280. The van der Waals surface area contributed by atoms with E-state index in [1.165, 1.54) is 23.1 Å². The summed E-state index contributed by atoms with van der Waals surface area (Å²) in [5.41, 5.74) is 1.07. The third-order valence-corrected chi connectivity index (χ3v) is 5.35. The number of likely N-dealkylation sites (tertiary alicyclic amines) is 1. The SMILES string of the molecule is C=CCOc1ccc(/C(O)=C2\C(=O)C(=O)N(CCN(C)C)C2c2ccccc2F)c(C)c1. The van der Waals surface area contributed by atoms with Crippen LogP contribution in [0.3, 0.4) is 0 Å². The lowest BCUT2D eigenvalue weighted by Crippen LogP contribution is -2.35. The highest BCUT2D eigenvalue weighted by Gasteiger charge is 2.46. The average molecular weight is 438 g/mol. The predicted molar refractivity (Wildman–Crippen MR) is 121 cm³/mol. The summed E-state index contributed by atoms with van der Waals surface area (Å²) in [6, 6.07) is 9.96. The zero-order valence-electron chi connectivity index (χ0n) is 18.5. The Hall–Kier alpha value is -3.45. The second kappa shape index (κ2) is 9.78. The van der Waals surface area contributed by atoms with Gasteiger partial charge in [0, 0.05) is 24.2 Å². The summed E-state index contributed by atoms with van der Waals surface area (Å²) >= 11 is 0. The molecule has 7 heteroatoms. The Kier molecular flexibility index (Phi) is 7.10. The monoisotopic (exact) mass is 438 g/mol. The number of rotatable bonds is 8. The van der Waals surface area contributed by atoms with Crippen LogP contribution in [0.5, 0.6) is 5.75 Å². The molecule has 1 atom stereocenters. The second-order valence-electron chi connectivity index (χ2n) is 7.89. The number of benzene rings is 2. The Bertz CT molecular complexity index is 1080. The minimum Gasteiger partial charge on any atom is -0.507 e. The summed E-state index contributed by atoms with van der Waals surface area (Å²) in [5, 5.41) is 11.2. The molecular weight excluding hydrogens is 411 g/mol. The molecule has 0 aliphatic carbocycles. The molecule has 1 saturated heterocycles. The van der Waals surface area contributed by atoms with Crippen LogP contribution >= 0.6 is 0 Å². The molecule has 0 aromatic heterocycles. The van der Waals surface area contributed by atoms with Gasteiger partial charge in [0.05, 0.1) is 11.6 Å². The molecule has 32 heavy (non-hydrogen) atoms. The molecule has 1 fully saturated rings. The molecule has 6 nitrogen and oxygen atoms in total.